The first-order valence-electron chi connectivity index (χ1n) is 5.71. The fourth-order valence-electron chi connectivity index (χ4n) is 1.31. The van der Waals surface area contributed by atoms with Crippen LogP contribution >= 0.6 is 11.6 Å². The van der Waals surface area contributed by atoms with Gasteiger partial charge < -0.3 is 14.8 Å². The molecule has 1 N–H and O–H groups in total. The van der Waals surface area contributed by atoms with E-state index in [4.69, 9.17) is 21.1 Å². The Labute approximate surface area is 98.5 Å². The van der Waals surface area contributed by atoms with Crippen molar-refractivity contribution in [3.05, 3.63) is 0 Å². The molecule has 0 radical (unpaired) electrons. The SMILES string of the molecule is CCC(CCCl)NCCCOCCOC. The van der Waals surface area contributed by atoms with Crippen LogP contribution in [0.1, 0.15) is 26.2 Å². The molecule has 3 nitrogen and oxygen atoms in total. The summed E-state index contributed by atoms with van der Waals surface area (Å²) in [6.45, 7) is 5.35. The van der Waals surface area contributed by atoms with Crippen LogP contribution in [0.4, 0.5) is 0 Å². The summed E-state index contributed by atoms with van der Waals surface area (Å²) >= 11 is 5.69. The smallest absolute Gasteiger partial charge is 0.0700 e. The summed E-state index contributed by atoms with van der Waals surface area (Å²) in [6, 6.07) is 0.557. The summed E-state index contributed by atoms with van der Waals surface area (Å²) in [4.78, 5) is 0. The molecule has 0 bridgehead atoms. The monoisotopic (exact) mass is 237 g/mol. The Balaban J connectivity index is 3.14. The zero-order chi connectivity index (χ0) is 11.4. The van der Waals surface area contributed by atoms with Crippen LogP contribution in [0.3, 0.4) is 0 Å². The van der Waals surface area contributed by atoms with E-state index in [-0.39, 0.29) is 0 Å². The van der Waals surface area contributed by atoms with Crippen molar-refractivity contribution < 1.29 is 9.47 Å². The van der Waals surface area contributed by atoms with Gasteiger partial charge in [0.15, 0.2) is 0 Å². The lowest BCUT2D eigenvalue weighted by Gasteiger charge is -2.15. The predicted molar refractivity (Wildman–Crippen MR) is 64.7 cm³/mol. The number of alkyl halides is 1. The zero-order valence-corrected chi connectivity index (χ0v) is 10.7. The van der Waals surface area contributed by atoms with Crippen LogP contribution in [0, 0.1) is 0 Å². The maximum atomic E-state index is 5.69. The van der Waals surface area contributed by atoms with E-state index in [9.17, 15) is 0 Å². The summed E-state index contributed by atoms with van der Waals surface area (Å²) in [6.07, 6.45) is 3.22. The van der Waals surface area contributed by atoms with E-state index in [1.165, 1.54) is 0 Å². The maximum Gasteiger partial charge on any atom is 0.0700 e. The van der Waals surface area contributed by atoms with Gasteiger partial charge >= 0.3 is 0 Å². The Kier molecular flexibility index (Phi) is 12.4. The van der Waals surface area contributed by atoms with Gasteiger partial charge in [-0.25, -0.2) is 0 Å². The van der Waals surface area contributed by atoms with Crippen LogP contribution in [-0.2, 0) is 9.47 Å². The summed E-state index contributed by atoms with van der Waals surface area (Å²) in [5.74, 6) is 0.732. The molecule has 1 atom stereocenters. The molecule has 0 amide bonds. The second kappa shape index (κ2) is 12.2. The largest absolute Gasteiger partial charge is 0.382 e. The summed E-state index contributed by atoms with van der Waals surface area (Å²) in [5, 5.41) is 3.47. The molecule has 0 saturated carbocycles. The third-order valence-electron chi connectivity index (χ3n) is 2.28. The summed E-state index contributed by atoms with van der Waals surface area (Å²) in [5.41, 5.74) is 0. The van der Waals surface area contributed by atoms with E-state index in [1.54, 1.807) is 7.11 Å². The molecule has 0 spiro atoms. The molecule has 0 aromatic carbocycles. The molecule has 0 rings (SSSR count). The van der Waals surface area contributed by atoms with Gasteiger partial charge in [0.2, 0.25) is 0 Å². The molecular weight excluding hydrogens is 214 g/mol. The number of nitrogens with one attached hydrogen (secondary N) is 1. The molecule has 4 heteroatoms. The van der Waals surface area contributed by atoms with Crippen LogP contribution in [-0.4, -0.2) is 45.4 Å². The Morgan fingerprint density at radius 1 is 1.27 bits per heavy atom. The van der Waals surface area contributed by atoms with E-state index >= 15 is 0 Å². The molecule has 0 heterocycles. The Bertz CT molecular complexity index is 125. The van der Waals surface area contributed by atoms with Crippen molar-refractivity contribution >= 4 is 11.6 Å². The van der Waals surface area contributed by atoms with Crippen molar-refractivity contribution in [3.8, 4) is 0 Å². The molecule has 15 heavy (non-hydrogen) atoms. The fourth-order valence-corrected chi connectivity index (χ4v) is 1.57. The molecule has 0 aliphatic carbocycles. The van der Waals surface area contributed by atoms with Gasteiger partial charge in [-0.3, -0.25) is 0 Å². The Hall–Kier alpha value is 0.170. The number of rotatable bonds is 11. The predicted octanol–water partition coefficient (Wildman–Crippen LogP) is 2.04. The lowest BCUT2D eigenvalue weighted by atomic mass is 10.2. The topological polar surface area (TPSA) is 30.5 Å². The minimum Gasteiger partial charge on any atom is -0.382 e. The first kappa shape index (κ1) is 15.2. The summed E-state index contributed by atoms with van der Waals surface area (Å²) < 4.78 is 10.2. The second-order valence-electron chi connectivity index (χ2n) is 3.50. The van der Waals surface area contributed by atoms with Crippen LogP contribution in [0.2, 0.25) is 0 Å². The standard InChI is InChI=1S/C11H24ClNO2/c1-3-11(5-6-12)13-7-4-8-15-10-9-14-2/h11,13H,3-10H2,1-2H3. The third kappa shape index (κ3) is 10.5. The van der Waals surface area contributed by atoms with E-state index < -0.39 is 0 Å². The molecule has 0 saturated heterocycles. The number of halogens is 1. The van der Waals surface area contributed by atoms with Crippen molar-refractivity contribution in [1.29, 1.82) is 0 Å². The highest BCUT2D eigenvalue weighted by atomic mass is 35.5. The van der Waals surface area contributed by atoms with Crippen LogP contribution in [0.5, 0.6) is 0 Å². The highest BCUT2D eigenvalue weighted by Gasteiger charge is 2.02. The molecule has 1 unspecified atom stereocenters. The quantitative estimate of drug-likeness (QED) is 0.441. The number of ether oxygens (including phenoxy) is 2. The molecule has 0 aromatic heterocycles. The minimum absolute atomic E-state index is 0.557. The van der Waals surface area contributed by atoms with E-state index in [0.29, 0.717) is 19.3 Å². The van der Waals surface area contributed by atoms with Crippen molar-refractivity contribution in [2.45, 2.75) is 32.2 Å². The van der Waals surface area contributed by atoms with Crippen molar-refractivity contribution in [3.63, 3.8) is 0 Å². The third-order valence-corrected chi connectivity index (χ3v) is 2.50. The molecule has 92 valence electrons. The van der Waals surface area contributed by atoms with Crippen molar-refractivity contribution in [2.24, 2.45) is 0 Å². The van der Waals surface area contributed by atoms with Crippen LogP contribution < -0.4 is 5.32 Å². The van der Waals surface area contributed by atoms with Gasteiger partial charge in [-0.15, -0.1) is 11.6 Å². The highest BCUT2D eigenvalue weighted by molar-refractivity contribution is 6.17. The van der Waals surface area contributed by atoms with E-state index in [1.807, 2.05) is 0 Å². The zero-order valence-electron chi connectivity index (χ0n) is 9.93. The van der Waals surface area contributed by atoms with Crippen molar-refractivity contribution in [2.75, 3.05) is 39.4 Å². The lowest BCUT2D eigenvalue weighted by Crippen LogP contribution is -2.30. The average molecular weight is 238 g/mol. The van der Waals surface area contributed by atoms with Gasteiger partial charge in [0.05, 0.1) is 13.2 Å². The maximum absolute atomic E-state index is 5.69. The molecule has 0 aliphatic rings. The van der Waals surface area contributed by atoms with Gasteiger partial charge in [0, 0.05) is 25.6 Å². The number of hydrogen-bond donors (Lipinski definition) is 1. The van der Waals surface area contributed by atoms with E-state index in [2.05, 4.69) is 12.2 Å². The van der Waals surface area contributed by atoms with E-state index in [0.717, 1.165) is 38.3 Å². The Morgan fingerprint density at radius 2 is 2.07 bits per heavy atom. The first-order chi connectivity index (χ1) is 7.35. The summed E-state index contributed by atoms with van der Waals surface area (Å²) in [7, 11) is 1.68. The lowest BCUT2D eigenvalue weighted by molar-refractivity contribution is 0.0692. The fraction of sp³-hybridized carbons (Fsp3) is 1.00. The molecule has 0 aliphatic heterocycles. The Morgan fingerprint density at radius 3 is 2.67 bits per heavy atom. The van der Waals surface area contributed by atoms with Gasteiger partial charge in [0.1, 0.15) is 0 Å². The molecule has 0 fully saturated rings. The second-order valence-corrected chi connectivity index (χ2v) is 3.87. The van der Waals surface area contributed by atoms with Gasteiger partial charge in [-0.1, -0.05) is 6.92 Å². The number of hydrogen-bond acceptors (Lipinski definition) is 3. The normalized spacial score (nSPS) is 13.0. The minimum atomic E-state index is 0.557. The van der Waals surface area contributed by atoms with Crippen LogP contribution in [0.15, 0.2) is 0 Å². The van der Waals surface area contributed by atoms with Crippen molar-refractivity contribution in [1.82, 2.24) is 5.32 Å². The number of methoxy groups -OCH3 is 1. The van der Waals surface area contributed by atoms with Gasteiger partial charge in [-0.05, 0) is 25.8 Å². The molecule has 0 aromatic rings. The van der Waals surface area contributed by atoms with Gasteiger partial charge in [-0.2, -0.15) is 0 Å². The van der Waals surface area contributed by atoms with Crippen LogP contribution in [0.25, 0.3) is 0 Å². The molecular formula is C11H24ClNO2. The first-order valence-corrected chi connectivity index (χ1v) is 6.24. The van der Waals surface area contributed by atoms with Gasteiger partial charge in [0.25, 0.3) is 0 Å². The highest BCUT2D eigenvalue weighted by Crippen LogP contribution is 1.99. The average Bonchev–Trinajstić information content (AvgIpc) is 2.26.